The van der Waals surface area contributed by atoms with Gasteiger partial charge in [0.25, 0.3) is 0 Å². The molecule has 6 rings (SSSR count). The van der Waals surface area contributed by atoms with Crippen LogP contribution in [0.25, 0.3) is 0 Å². The third kappa shape index (κ3) is 13.3. The van der Waals surface area contributed by atoms with Crippen LogP contribution in [0.4, 0.5) is 12.9 Å². The van der Waals surface area contributed by atoms with Gasteiger partial charge in [0, 0.05) is 13.8 Å². The minimum Gasteiger partial charge on any atom is -1.00 e. The normalized spacial score (nSPS) is 27.5. The van der Waals surface area contributed by atoms with Gasteiger partial charge in [0.2, 0.25) is 0 Å². The van der Waals surface area contributed by atoms with E-state index < -0.39 is 23.6 Å². The Morgan fingerprint density at radius 1 is 0.717 bits per heavy atom. The average Bonchev–Trinajstić information content (AvgIpc) is 3.65. The van der Waals surface area contributed by atoms with Crippen molar-refractivity contribution in [3.8, 4) is 0 Å². The molecule has 0 spiro atoms. The van der Waals surface area contributed by atoms with Gasteiger partial charge in [-0.3, -0.25) is 12.9 Å². The number of hydrogen-bond acceptors (Lipinski definition) is 1. The van der Waals surface area contributed by atoms with Crippen molar-refractivity contribution >= 4 is 34.2 Å². The summed E-state index contributed by atoms with van der Waals surface area (Å²) < 4.78 is 29.0. The molecule has 1 unspecified atom stereocenters. The fourth-order valence-electron chi connectivity index (χ4n) is 8.60. The van der Waals surface area contributed by atoms with E-state index in [2.05, 4.69) is 69.3 Å². The molecule has 0 aromatic heterocycles. The number of allylic oxidation sites excluding steroid dienone is 4. The third-order valence-corrected chi connectivity index (χ3v) is 17.3. The van der Waals surface area contributed by atoms with Crippen molar-refractivity contribution in [1.29, 1.82) is 0 Å². The Bertz CT molecular complexity index is 955. The maximum absolute atomic E-state index is 12.0. The van der Waals surface area contributed by atoms with Crippen molar-refractivity contribution in [1.82, 2.24) is 0 Å². The summed E-state index contributed by atoms with van der Waals surface area (Å²) in [5.74, 6) is 3.80. The van der Waals surface area contributed by atoms with E-state index in [0.29, 0.717) is 17.5 Å². The molecule has 1 nitrogen and oxygen atoms in total. The zero-order chi connectivity index (χ0) is 30.1. The fraction of sp³-hybridized carbons (Fsp3) is 0.676. The van der Waals surface area contributed by atoms with E-state index >= 15 is 0 Å². The van der Waals surface area contributed by atoms with Crippen LogP contribution >= 0.6 is 16.1 Å². The zero-order valence-corrected chi connectivity index (χ0v) is 32.6. The first-order valence-corrected chi connectivity index (χ1v) is 20.2. The van der Waals surface area contributed by atoms with Crippen molar-refractivity contribution in [2.45, 2.75) is 128 Å². The van der Waals surface area contributed by atoms with Crippen LogP contribution in [0.3, 0.4) is 0 Å². The van der Waals surface area contributed by atoms with Crippen molar-refractivity contribution in [3.05, 3.63) is 63.4 Å². The Morgan fingerprint density at radius 2 is 1.15 bits per heavy atom. The van der Waals surface area contributed by atoms with Crippen LogP contribution in [-0.4, -0.2) is 29.4 Å². The summed E-state index contributed by atoms with van der Waals surface area (Å²) in [4.78, 5) is 12.0. The predicted molar refractivity (Wildman–Crippen MR) is 195 cm³/mol. The van der Waals surface area contributed by atoms with Crippen molar-refractivity contribution in [2.75, 3.05) is 0 Å². The molecule has 264 valence electrons. The van der Waals surface area contributed by atoms with E-state index in [4.69, 9.17) is 0 Å². The smallest absolute Gasteiger partial charge is 1.00 e. The molecule has 0 heterocycles. The average molecular weight is 775 g/mol. The fourth-order valence-corrected chi connectivity index (χ4v) is 16.3. The number of halogens is 4. The van der Waals surface area contributed by atoms with Gasteiger partial charge in [0.05, 0.1) is 11.3 Å². The van der Waals surface area contributed by atoms with Gasteiger partial charge in [-0.1, -0.05) is 76.5 Å². The molecular formula is C37H62BF4OP2Rh+2. The van der Waals surface area contributed by atoms with Gasteiger partial charge in [0.1, 0.15) is 11.0 Å². The number of benzene rings is 1. The molecule has 1 N–H and O–H groups in total. The first-order valence-electron chi connectivity index (χ1n) is 17.1. The monoisotopic (exact) mass is 774 g/mol. The molecule has 9 heteroatoms. The van der Waals surface area contributed by atoms with Crippen LogP contribution in [0.15, 0.2) is 48.6 Å². The summed E-state index contributed by atoms with van der Waals surface area (Å²) >= 11 is 0. The molecule has 46 heavy (non-hydrogen) atoms. The molecule has 1 aromatic rings. The molecule has 5 aliphatic rings. The van der Waals surface area contributed by atoms with Gasteiger partial charge in [-0.25, -0.2) is 4.89 Å². The Kier molecular flexibility index (Phi) is 23.3. The number of fused-ring (bicyclic) bond motifs is 2. The first-order chi connectivity index (χ1) is 20.2. The van der Waals surface area contributed by atoms with E-state index in [-0.39, 0.29) is 39.0 Å². The van der Waals surface area contributed by atoms with Gasteiger partial charge in [-0.15, -0.1) is 0 Å². The third-order valence-electron chi connectivity index (χ3n) is 10.7. The van der Waals surface area contributed by atoms with Crippen LogP contribution in [-0.2, 0) is 19.5 Å². The topological polar surface area (TPSA) is 20.2 Å². The molecule has 1 aromatic carbocycles. The van der Waals surface area contributed by atoms with Crippen molar-refractivity contribution in [2.24, 2.45) is 29.6 Å². The van der Waals surface area contributed by atoms with E-state index in [1.54, 1.807) is 5.30 Å². The molecule has 2 bridgehead atoms. The molecule has 0 amide bonds. The summed E-state index contributed by atoms with van der Waals surface area (Å²) in [5, 5.41) is 3.13. The quantitative estimate of drug-likeness (QED) is 0.102. The predicted octanol–water partition coefficient (Wildman–Crippen LogP) is 7.93. The second-order valence-corrected chi connectivity index (χ2v) is 19.2. The molecule has 0 aliphatic heterocycles. The summed E-state index contributed by atoms with van der Waals surface area (Å²) in [6.07, 6.45) is 29.0. The van der Waals surface area contributed by atoms with Gasteiger partial charge in [0.15, 0.2) is 13.5 Å². The van der Waals surface area contributed by atoms with Gasteiger partial charge >= 0.3 is 27.0 Å². The van der Waals surface area contributed by atoms with E-state index in [9.17, 15) is 17.8 Å². The second-order valence-electron chi connectivity index (χ2n) is 14.1. The Labute approximate surface area is 295 Å². The van der Waals surface area contributed by atoms with Gasteiger partial charge < -0.3 is 19.6 Å². The Hall–Kier alpha value is -0.0717. The summed E-state index contributed by atoms with van der Waals surface area (Å²) in [7, 11) is -5.80. The van der Waals surface area contributed by atoms with Crippen LogP contribution in [0.2, 0.25) is 0 Å². The maximum Gasteiger partial charge on any atom is 3.00 e. The van der Waals surface area contributed by atoms with Crippen molar-refractivity contribution < 1.29 is 42.0 Å². The molecule has 3 saturated carbocycles. The maximum atomic E-state index is 12.0. The molecular weight excluding hydrogens is 712 g/mol. The van der Waals surface area contributed by atoms with Crippen LogP contribution in [0.1, 0.15) is 111 Å². The molecule has 4 atom stereocenters. The standard InChI is InChI=1S/C28H46OP2.C7H8.2CH3.BF3.FH.Rh/c1-21(2)25-19-18-22(3)20-28(25)31(29)27-17-11-10-16-26(27)30(23-12-6-4-7-13-23)24-14-8-5-9-15-24;1-2-7-4-3-6(1)5-7;;;2-1(3)4;;/h10-11,16-17,21-25,28-29H,4-9,12-15,18-20H2,1-3H3;1-4,6-7H,5H2;2*1H3;;1H;/q;;2*-1;;;+3/p+1/t22-,25+,28-,31?;;;;;;/m1....../s1. The van der Waals surface area contributed by atoms with Crippen LogP contribution in [0, 0.1) is 44.4 Å². The largest absolute Gasteiger partial charge is 3.00 e. The number of rotatable bonds is 6. The summed E-state index contributed by atoms with van der Waals surface area (Å²) in [5.41, 5.74) is 2.43. The summed E-state index contributed by atoms with van der Waals surface area (Å²) in [6, 6.07) is 9.40. The minimum atomic E-state index is -3.67. The number of hydrogen-bond donors (Lipinski definition) is 1. The van der Waals surface area contributed by atoms with E-state index in [1.807, 2.05) is 0 Å². The van der Waals surface area contributed by atoms with E-state index in [1.165, 1.54) is 95.2 Å². The molecule has 3 fully saturated rings. The molecule has 0 radical (unpaired) electrons. The van der Waals surface area contributed by atoms with Crippen LogP contribution < -0.4 is 15.3 Å². The molecule has 5 aliphatic carbocycles. The minimum absolute atomic E-state index is 0. The van der Waals surface area contributed by atoms with Crippen LogP contribution in [0.5, 0.6) is 0 Å². The van der Waals surface area contributed by atoms with Gasteiger partial charge in [-0.05, 0) is 106 Å². The Balaban J connectivity index is 0.00000114. The Morgan fingerprint density at radius 3 is 1.54 bits per heavy atom. The summed E-state index contributed by atoms with van der Waals surface area (Å²) in [6.45, 7) is 7.21. The molecule has 0 saturated heterocycles. The first kappa shape index (κ1) is 45.9. The zero-order valence-electron chi connectivity index (χ0n) is 29.0. The van der Waals surface area contributed by atoms with E-state index in [0.717, 1.165) is 29.1 Å². The van der Waals surface area contributed by atoms with Crippen molar-refractivity contribution in [3.63, 3.8) is 0 Å². The van der Waals surface area contributed by atoms with Gasteiger partial charge in [-0.2, -0.15) is 0 Å². The SMILES string of the molecule is C1=CC2C=CC1C2.CC(C)[C@@H]1CC[C@@H](C)C[C@H]1[PH+](O)c1ccccc1[PH+](C1CCCCC1)C1CCCCC1.FB(F)F.[CH3-].[CH3-].[F-].[Rh+3]. The second kappa shape index (κ2) is 23.4.